The zero-order chi connectivity index (χ0) is 18.7. The normalized spacial score (nSPS) is 13.7. The molecule has 0 spiro atoms. The fourth-order valence-electron chi connectivity index (χ4n) is 3.05. The third-order valence-corrected chi connectivity index (χ3v) is 4.56. The molecule has 0 radical (unpaired) electrons. The minimum atomic E-state index is -0.142. The number of hydrogen-bond donors (Lipinski definition) is 0. The van der Waals surface area contributed by atoms with Gasteiger partial charge in [0, 0.05) is 43.0 Å². The fraction of sp³-hybridized carbons (Fsp3) is 0.300. The summed E-state index contributed by atoms with van der Waals surface area (Å²) in [6.07, 6.45) is 1.46. The maximum absolute atomic E-state index is 12.8. The molecule has 2 aromatic rings. The first-order chi connectivity index (χ1) is 12.5. The lowest BCUT2D eigenvalue weighted by molar-refractivity contribution is -0.117. The molecule has 0 unspecified atom stereocenters. The summed E-state index contributed by atoms with van der Waals surface area (Å²) in [7, 11) is 4.84. The summed E-state index contributed by atoms with van der Waals surface area (Å²) in [5.41, 5.74) is 2.09. The molecule has 2 aromatic carbocycles. The number of anilines is 2. The number of ether oxygens (including phenoxy) is 2. The van der Waals surface area contributed by atoms with E-state index in [0.717, 1.165) is 18.7 Å². The molecular weight excluding hydrogens is 332 g/mol. The molecule has 0 aliphatic carbocycles. The van der Waals surface area contributed by atoms with E-state index in [1.54, 1.807) is 61.4 Å². The predicted octanol–water partition coefficient (Wildman–Crippen LogP) is 3.11. The minimum absolute atomic E-state index is 0.131. The number of amides is 2. The van der Waals surface area contributed by atoms with Crippen LogP contribution in [0.4, 0.5) is 11.4 Å². The number of rotatable bonds is 5. The van der Waals surface area contributed by atoms with E-state index in [1.807, 2.05) is 12.1 Å². The number of carbonyl (C=O) groups is 2. The van der Waals surface area contributed by atoms with Crippen LogP contribution in [-0.2, 0) is 4.79 Å². The van der Waals surface area contributed by atoms with Crippen molar-refractivity contribution in [2.75, 3.05) is 37.6 Å². The van der Waals surface area contributed by atoms with Gasteiger partial charge in [0.25, 0.3) is 5.91 Å². The first-order valence-electron chi connectivity index (χ1n) is 8.45. The maximum atomic E-state index is 12.8. The van der Waals surface area contributed by atoms with Crippen LogP contribution in [-0.4, -0.2) is 39.6 Å². The van der Waals surface area contributed by atoms with Gasteiger partial charge in [0.1, 0.15) is 0 Å². The topological polar surface area (TPSA) is 59.1 Å². The molecule has 1 fully saturated rings. The molecule has 0 aromatic heterocycles. The van der Waals surface area contributed by atoms with Crippen molar-refractivity contribution in [1.29, 1.82) is 0 Å². The van der Waals surface area contributed by atoms with Crippen LogP contribution in [0.25, 0.3) is 0 Å². The first-order valence-corrected chi connectivity index (χ1v) is 8.45. The van der Waals surface area contributed by atoms with Crippen LogP contribution in [0, 0.1) is 0 Å². The molecule has 1 aliphatic heterocycles. The molecule has 0 N–H and O–H groups in total. The van der Waals surface area contributed by atoms with Gasteiger partial charge in [0.2, 0.25) is 5.91 Å². The lowest BCUT2D eigenvalue weighted by atomic mass is 10.1. The Labute approximate surface area is 152 Å². The van der Waals surface area contributed by atoms with Gasteiger partial charge in [-0.15, -0.1) is 0 Å². The average molecular weight is 354 g/mol. The predicted molar refractivity (Wildman–Crippen MR) is 100 cm³/mol. The average Bonchev–Trinajstić information content (AvgIpc) is 3.12. The van der Waals surface area contributed by atoms with Crippen molar-refractivity contribution in [3.8, 4) is 11.5 Å². The number of methoxy groups -OCH3 is 2. The van der Waals surface area contributed by atoms with E-state index in [4.69, 9.17) is 9.47 Å². The molecular formula is C20H22N2O4. The van der Waals surface area contributed by atoms with E-state index < -0.39 is 0 Å². The second-order valence-corrected chi connectivity index (χ2v) is 6.10. The summed E-state index contributed by atoms with van der Waals surface area (Å²) in [4.78, 5) is 27.9. The van der Waals surface area contributed by atoms with Crippen molar-refractivity contribution in [2.45, 2.75) is 12.8 Å². The number of hydrogen-bond acceptors (Lipinski definition) is 4. The van der Waals surface area contributed by atoms with E-state index >= 15 is 0 Å². The van der Waals surface area contributed by atoms with Crippen LogP contribution >= 0.6 is 0 Å². The first kappa shape index (κ1) is 17.8. The summed E-state index contributed by atoms with van der Waals surface area (Å²) in [5, 5.41) is 0. The van der Waals surface area contributed by atoms with Gasteiger partial charge in [-0.1, -0.05) is 0 Å². The van der Waals surface area contributed by atoms with Crippen molar-refractivity contribution >= 4 is 23.2 Å². The quantitative estimate of drug-likeness (QED) is 0.828. The molecule has 26 heavy (non-hydrogen) atoms. The second kappa shape index (κ2) is 7.47. The van der Waals surface area contributed by atoms with Gasteiger partial charge in [-0.2, -0.15) is 0 Å². The lowest BCUT2D eigenvalue weighted by Gasteiger charge is -2.20. The van der Waals surface area contributed by atoms with Crippen molar-refractivity contribution in [1.82, 2.24) is 0 Å². The van der Waals surface area contributed by atoms with Crippen molar-refractivity contribution in [2.24, 2.45) is 0 Å². The largest absolute Gasteiger partial charge is 0.493 e. The highest BCUT2D eigenvalue weighted by atomic mass is 16.5. The maximum Gasteiger partial charge on any atom is 0.258 e. The third-order valence-electron chi connectivity index (χ3n) is 4.56. The van der Waals surface area contributed by atoms with Crippen LogP contribution in [0.3, 0.4) is 0 Å². The van der Waals surface area contributed by atoms with Crippen molar-refractivity contribution in [3.05, 3.63) is 48.0 Å². The zero-order valence-corrected chi connectivity index (χ0v) is 15.2. The summed E-state index contributed by atoms with van der Waals surface area (Å²) in [5.74, 6) is 1.16. The van der Waals surface area contributed by atoms with Gasteiger partial charge < -0.3 is 19.3 Å². The van der Waals surface area contributed by atoms with Gasteiger partial charge in [-0.3, -0.25) is 9.59 Å². The lowest BCUT2D eigenvalue weighted by Crippen LogP contribution is -2.27. The van der Waals surface area contributed by atoms with Gasteiger partial charge in [-0.25, -0.2) is 0 Å². The highest BCUT2D eigenvalue weighted by Gasteiger charge is 2.22. The Morgan fingerprint density at radius 1 is 1.04 bits per heavy atom. The van der Waals surface area contributed by atoms with Gasteiger partial charge in [-0.05, 0) is 42.8 Å². The summed E-state index contributed by atoms with van der Waals surface area (Å²) < 4.78 is 10.5. The highest BCUT2D eigenvalue weighted by Crippen LogP contribution is 2.31. The molecule has 2 amide bonds. The number of nitrogens with zero attached hydrogens (tertiary/aromatic N) is 2. The Morgan fingerprint density at radius 2 is 1.73 bits per heavy atom. The summed E-state index contributed by atoms with van der Waals surface area (Å²) in [6, 6.07) is 12.5. The molecule has 0 atom stereocenters. The molecule has 3 rings (SSSR count). The van der Waals surface area contributed by atoms with Crippen LogP contribution in [0.2, 0.25) is 0 Å². The number of benzene rings is 2. The Kier molecular flexibility index (Phi) is 5.11. The Morgan fingerprint density at radius 3 is 2.31 bits per heavy atom. The number of carbonyl (C=O) groups excluding carboxylic acids is 2. The van der Waals surface area contributed by atoms with Crippen molar-refractivity contribution < 1.29 is 19.1 Å². The van der Waals surface area contributed by atoms with Gasteiger partial charge >= 0.3 is 0 Å². The van der Waals surface area contributed by atoms with E-state index in [2.05, 4.69) is 0 Å². The molecule has 136 valence electrons. The fourth-order valence-corrected chi connectivity index (χ4v) is 3.05. The molecule has 1 saturated heterocycles. The highest BCUT2D eigenvalue weighted by molar-refractivity contribution is 6.06. The Hall–Kier alpha value is -3.02. The smallest absolute Gasteiger partial charge is 0.258 e. The van der Waals surface area contributed by atoms with Gasteiger partial charge in [0.05, 0.1) is 14.2 Å². The van der Waals surface area contributed by atoms with Crippen LogP contribution < -0.4 is 19.3 Å². The van der Waals surface area contributed by atoms with Crippen LogP contribution in [0.15, 0.2) is 42.5 Å². The van der Waals surface area contributed by atoms with Crippen molar-refractivity contribution in [3.63, 3.8) is 0 Å². The standard InChI is InChI=1S/C20H22N2O4/c1-21(16-10-11-17(25-2)18(13-16)26-3)20(24)14-6-8-15(9-7-14)22-12-4-5-19(22)23/h6-11,13H,4-5,12H2,1-3H3. The monoisotopic (exact) mass is 354 g/mol. The van der Waals surface area contributed by atoms with E-state index in [1.165, 1.54) is 0 Å². The van der Waals surface area contributed by atoms with E-state index in [0.29, 0.717) is 29.2 Å². The molecule has 0 bridgehead atoms. The molecule has 0 saturated carbocycles. The molecule has 1 aliphatic rings. The van der Waals surface area contributed by atoms with E-state index in [-0.39, 0.29) is 11.8 Å². The SMILES string of the molecule is COc1ccc(N(C)C(=O)c2ccc(N3CCCC3=O)cc2)cc1OC. The molecule has 6 nitrogen and oxygen atoms in total. The minimum Gasteiger partial charge on any atom is -0.493 e. The summed E-state index contributed by atoms with van der Waals surface area (Å²) >= 11 is 0. The Balaban J connectivity index is 1.79. The van der Waals surface area contributed by atoms with Crippen LogP contribution in [0.5, 0.6) is 11.5 Å². The van der Waals surface area contributed by atoms with Gasteiger partial charge in [0.15, 0.2) is 11.5 Å². The molecule has 6 heteroatoms. The van der Waals surface area contributed by atoms with Crippen LogP contribution in [0.1, 0.15) is 23.2 Å². The zero-order valence-electron chi connectivity index (χ0n) is 15.2. The molecule has 1 heterocycles. The Bertz CT molecular complexity index is 817. The second-order valence-electron chi connectivity index (χ2n) is 6.10. The van der Waals surface area contributed by atoms with E-state index in [9.17, 15) is 9.59 Å². The third kappa shape index (κ3) is 3.35. The summed E-state index contributed by atoms with van der Waals surface area (Å²) in [6.45, 7) is 0.734.